The van der Waals surface area contributed by atoms with Crippen molar-refractivity contribution in [2.45, 2.75) is 53.9 Å². The Morgan fingerprint density at radius 1 is 0.941 bits per heavy atom. The molecule has 0 heterocycles. The van der Waals surface area contributed by atoms with Gasteiger partial charge in [-0.15, -0.1) is 0 Å². The Kier molecular flexibility index (Phi) is 3.91. The van der Waals surface area contributed by atoms with E-state index in [0.29, 0.717) is 11.3 Å². The van der Waals surface area contributed by atoms with Crippen LogP contribution >= 0.6 is 0 Å². The smallest absolute Gasteiger partial charge is 0.0314 e. The lowest BCUT2D eigenvalue weighted by atomic mass is 9.69. The number of hydrogen-bond acceptors (Lipinski definition) is 1. The Labute approximate surface area is 106 Å². The van der Waals surface area contributed by atoms with E-state index in [9.17, 15) is 0 Å². The second-order valence-electron chi connectivity index (χ2n) is 7.35. The number of hydrogen-bond donors (Lipinski definition) is 1. The third kappa shape index (κ3) is 4.41. The number of benzene rings is 1. The molecule has 1 heteroatoms. The van der Waals surface area contributed by atoms with Crippen LogP contribution in [0.2, 0.25) is 0 Å². The van der Waals surface area contributed by atoms with Gasteiger partial charge in [0, 0.05) is 5.69 Å². The van der Waals surface area contributed by atoms with Crippen molar-refractivity contribution >= 4 is 5.69 Å². The zero-order valence-electron chi connectivity index (χ0n) is 12.2. The van der Waals surface area contributed by atoms with Crippen LogP contribution in [0, 0.1) is 10.8 Å². The van der Waals surface area contributed by atoms with Crippen molar-refractivity contribution in [2.24, 2.45) is 10.8 Å². The van der Waals surface area contributed by atoms with Crippen LogP contribution in [0.25, 0.3) is 0 Å². The highest BCUT2D eigenvalue weighted by Gasteiger charge is 2.30. The van der Waals surface area contributed by atoms with Crippen molar-refractivity contribution in [3.63, 3.8) is 0 Å². The van der Waals surface area contributed by atoms with E-state index < -0.39 is 0 Å². The normalized spacial score (nSPS) is 14.7. The van der Waals surface area contributed by atoms with Gasteiger partial charge in [0.2, 0.25) is 0 Å². The molecule has 1 nitrogen and oxygen atoms in total. The summed E-state index contributed by atoms with van der Waals surface area (Å²) in [6.45, 7) is 13.9. The lowest BCUT2D eigenvalue weighted by Crippen LogP contribution is -2.23. The van der Waals surface area contributed by atoms with Gasteiger partial charge in [-0.05, 0) is 40.9 Å². The SMILES string of the molecule is CC(C)(C)CC(c1ccc(N)cc1)C(C)(C)C. The fourth-order valence-corrected chi connectivity index (χ4v) is 2.26. The largest absolute Gasteiger partial charge is 0.399 e. The van der Waals surface area contributed by atoms with Crippen LogP contribution in [0.4, 0.5) is 5.69 Å². The first-order chi connectivity index (χ1) is 7.59. The van der Waals surface area contributed by atoms with Crippen LogP contribution in [-0.4, -0.2) is 0 Å². The molecule has 0 fully saturated rings. The topological polar surface area (TPSA) is 26.0 Å². The molecule has 2 N–H and O–H groups in total. The molecule has 0 saturated heterocycles. The summed E-state index contributed by atoms with van der Waals surface area (Å²) in [5, 5.41) is 0. The predicted molar refractivity (Wildman–Crippen MR) is 77.1 cm³/mol. The van der Waals surface area contributed by atoms with Crippen molar-refractivity contribution in [2.75, 3.05) is 5.73 Å². The molecule has 1 rings (SSSR count). The molecule has 0 aromatic heterocycles. The molecule has 0 bridgehead atoms. The van der Waals surface area contributed by atoms with Gasteiger partial charge in [0.1, 0.15) is 0 Å². The zero-order chi connectivity index (χ0) is 13.3. The van der Waals surface area contributed by atoms with Crippen LogP contribution < -0.4 is 5.73 Å². The molecule has 0 radical (unpaired) electrons. The molecule has 1 aromatic rings. The summed E-state index contributed by atoms with van der Waals surface area (Å²) in [5.41, 5.74) is 8.64. The number of anilines is 1. The number of rotatable bonds is 2. The Morgan fingerprint density at radius 2 is 1.41 bits per heavy atom. The summed E-state index contributed by atoms with van der Waals surface area (Å²) in [4.78, 5) is 0. The van der Waals surface area contributed by atoms with Crippen molar-refractivity contribution in [1.29, 1.82) is 0 Å². The lowest BCUT2D eigenvalue weighted by molar-refractivity contribution is 0.229. The van der Waals surface area contributed by atoms with Gasteiger partial charge in [0.05, 0.1) is 0 Å². The number of nitrogen functional groups attached to an aromatic ring is 1. The first-order valence-corrected chi connectivity index (χ1v) is 6.45. The van der Waals surface area contributed by atoms with Crippen LogP contribution in [0.5, 0.6) is 0 Å². The first-order valence-electron chi connectivity index (χ1n) is 6.45. The van der Waals surface area contributed by atoms with Crippen LogP contribution in [0.3, 0.4) is 0 Å². The monoisotopic (exact) mass is 233 g/mol. The molecule has 0 saturated carbocycles. The van der Waals surface area contributed by atoms with E-state index in [-0.39, 0.29) is 5.41 Å². The quantitative estimate of drug-likeness (QED) is 0.727. The standard InChI is InChI=1S/C16H27N/c1-15(2,3)11-14(16(4,5)6)12-7-9-13(17)10-8-12/h7-10,14H,11,17H2,1-6H3. The van der Waals surface area contributed by atoms with Gasteiger partial charge in [0.15, 0.2) is 0 Å². The maximum Gasteiger partial charge on any atom is 0.0314 e. The molecule has 1 atom stereocenters. The van der Waals surface area contributed by atoms with Gasteiger partial charge in [-0.1, -0.05) is 53.7 Å². The van der Waals surface area contributed by atoms with E-state index >= 15 is 0 Å². The number of nitrogens with two attached hydrogens (primary N) is 1. The van der Waals surface area contributed by atoms with Gasteiger partial charge < -0.3 is 5.73 Å². The molecule has 1 aromatic carbocycles. The average molecular weight is 233 g/mol. The summed E-state index contributed by atoms with van der Waals surface area (Å²) >= 11 is 0. The van der Waals surface area contributed by atoms with Crippen LogP contribution in [0.1, 0.15) is 59.4 Å². The maximum atomic E-state index is 5.76. The van der Waals surface area contributed by atoms with Crippen molar-refractivity contribution in [3.8, 4) is 0 Å². The molecule has 0 aliphatic carbocycles. The fourth-order valence-electron chi connectivity index (χ4n) is 2.26. The fraction of sp³-hybridized carbons (Fsp3) is 0.625. The Morgan fingerprint density at radius 3 is 1.76 bits per heavy atom. The first kappa shape index (κ1) is 14.1. The summed E-state index contributed by atoms with van der Waals surface area (Å²) in [6.07, 6.45) is 1.19. The van der Waals surface area contributed by atoms with Crippen molar-refractivity contribution in [3.05, 3.63) is 29.8 Å². The predicted octanol–water partition coefficient (Wildman–Crippen LogP) is 4.83. The van der Waals surface area contributed by atoms with Crippen LogP contribution in [-0.2, 0) is 0 Å². The maximum absolute atomic E-state index is 5.76. The van der Waals surface area contributed by atoms with Gasteiger partial charge in [-0.25, -0.2) is 0 Å². The molecule has 0 amide bonds. The minimum atomic E-state index is 0.281. The minimum absolute atomic E-state index is 0.281. The highest BCUT2D eigenvalue weighted by atomic mass is 14.5. The highest BCUT2D eigenvalue weighted by Crippen LogP contribution is 2.43. The third-order valence-corrected chi connectivity index (χ3v) is 3.20. The van der Waals surface area contributed by atoms with E-state index in [1.54, 1.807) is 0 Å². The van der Waals surface area contributed by atoms with E-state index in [1.165, 1.54) is 12.0 Å². The Hall–Kier alpha value is -0.980. The van der Waals surface area contributed by atoms with E-state index in [4.69, 9.17) is 5.73 Å². The van der Waals surface area contributed by atoms with E-state index in [0.717, 1.165) is 5.69 Å². The molecular weight excluding hydrogens is 206 g/mol. The van der Waals surface area contributed by atoms with Gasteiger partial charge in [-0.3, -0.25) is 0 Å². The summed E-state index contributed by atoms with van der Waals surface area (Å²) < 4.78 is 0. The highest BCUT2D eigenvalue weighted by molar-refractivity contribution is 5.40. The van der Waals surface area contributed by atoms with E-state index in [1.807, 2.05) is 12.1 Å². The van der Waals surface area contributed by atoms with Gasteiger partial charge >= 0.3 is 0 Å². The second-order valence-corrected chi connectivity index (χ2v) is 7.35. The molecule has 1 unspecified atom stereocenters. The molecule has 96 valence electrons. The van der Waals surface area contributed by atoms with Gasteiger partial charge in [-0.2, -0.15) is 0 Å². The van der Waals surface area contributed by atoms with Gasteiger partial charge in [0.25, 0.3) is 0 Å². The zero-order valence-corrected chi connectivity index (χ0v) is 12.2. The van der Waals surface area contributed by atoms with E-state index in [2.05, 4.69) is 53.7 Å². The average Bonchev–Trinajstić information content (AvgIpc) is 2.13. The van der Waals surface area contributed by atoms with Crippen molar-refractivity contribution < 1.29 is 0 Å². The molecular formula is C16H27N. The Bertz CT molecular complexity index is 349. The molecule has 0 aliphatic heterocycles. The summed E-state index contributed by atoms with van der Waals surface area (Å²) in [7, 11) is 0. The third-order valence-electron chi connectivity index (χ3n) is 3.20. The molecule has 17 heavy (non-hydrogen) atoms. The summed E-state index contributed by atoms with van der Waals surface area (Å²) in [5.74, 6) is 0.572. The second kappa shape index (κ2) is 4.72. The van der Waals surface area contributed by atoms with Crippen LogP contribution in [0.15, 0.2) is 24.3 Å². The van der Waals surface area contributed by atoms with Crippen molar-refractivity contribution in [1.82, 2.24) is 0 Å². The summed E-state index contributed by atoms with van der Waals surface area (Å²) in [6, 6.07) is 8.38. The lowest BCUT2D eigenvalue weighted by Gasteiger charge is -2.36. The molecule has 0 spiro atoms. The minimum Gasteiger partial charge on any atom is -0.399 e. The molecule has 0 aliphatic rings. The Balaban J connectivity index is 3.03.